The quantitative estimate of drug-likeness (QED) is 0.379. The summed E-state index contributed by atoms with van der Waals surface area (Å²) in [5.74, 6) is 0.645. The van der Waals surface area contributed by atoms with Crippen LogP contribution in [0.3, 0.4) is 0 Å². The van der Waals surface area contributed by atoms with E-state index in [9.17, 15) is 9.90 Å². The van der Waals surface area contributed by atoms with Gasteiger partial charge in [0, 0.05) is 23.0 Å². The molecule has 7 nitrogen and oxygen atoms in total. The first kappa shape index (κ1) is 21.9. The number of nitrogens with one attached hydrogen (secondary N) is 2. The van der Waals surface area contributed by atoms with Gasteiger partial charge >= 0.3 is 5.97 Å². The van der Waals surface area contributed by atoms with E-state index in [4.69, 9.17) is 14.2 Å². The Morgan fingerprint density at radius 2 is 1.68 bits per heavy atom. The van der Waals surface area contributed by atoms with E-state index in [2.05, 4.69) is 10.3 Å². The summed E-state index contributed by atoms with van der Waals surface area (Å²) in [6.07, 6.45) is 0.401. The number of carboxylic acids is 1. The van der Waals surface area contributed by atoms with E-state index in [1.54, 1.807) is 14.2 Å². The molecule has 2 heterocycles. The van der Waals surface area contributed by atoms with Crippen LogP contribution in [-0.4, -0.2) is 36.3 Å². The van der Waals surface area contributed by atoms with Gasteiger partial charge in [-0.2, -0.15) is 0 Å². The van der Waals surface area contributed by atoms with E-state index in [0.29, 0.717) is 30.3 Å². The fraction of sp³-hybridized carbons (Fsp3) is 0.222. The van der Waals surface area contributed by atoms with Gasteiger partial charge in [0.1, 0.15) is 12.6 Å². The summed E-state index contributed by atoms with van der Waals surface area (Å²) in [4.78, 5) is 15.5. The molecule has 0 fully saturated rings. The van der Waals surface area contributed by atoms with Crippen LogP contribution in [-0.2, 0) is 17.8 Å². The third kappa shape index (κ3) is 3.95. The second kappa shape index (κ2) is 9.11. The van der Waals surface area contributed by atoms with Crippen LogP contribution >= 0.6 is 0 Å². The highest BCUT2D eigenvalue weighted by Crippen LogP contribution is 2.43. The molecule has 7 heteroatoms. The maximum atomic E-state index is 12.0. The fourth-order valence-corrected chi connectivity index (χ4v) is 4.60. The van der Waals surface area contributed by atoms with E-state index in [1.165, 1.54) is 0 Å². The van der Waals surface area contributed by atoms with Gasteiger partial charge in [-0.25, -0.2) is 0 Å². The monoisotopic (exact) mass is 458 g/mol. The summed E-state index contributed by atoms with van der Waals surface area (Å²) < 4.78 is 17.4. The zero-order chi connectivity index (χ0) is 23.7. The Labute approximate surface area is 197 Å². The average molecular weight is 459 g/mol. The van der Waals surface area contributed by atoms with Gasteiger partial charge < -0.3 is 24.3 Å². The minimum atomic E-state index is -0.886. The van der Waals surface area contributed by atoms with Crippen molar-refractivity contribution in [2.24, 2.45) is 0 Å². The molecule has 2 atom stereocenters. The summed E-state index contributed by atoms with van der Waals surface area (Å²) in [6.45, 7) is 0.363. The van der Waals surface area contributed by atoms with Crippen LogP contribution in [0, 0.1) is 0 Å². The molecule has 0 unspecified atom stereocenters. The molecule has 34 heavy (non-hydrogen) atoms. The number of para-hydroxylation sites is 1. The first-order valence-corrected chi connectivity index (χ1v) is 11.1. The van der Waals surface area contributed by atoms with Gasteiger partial charge in [-0.3, -0.25) is 10.1 Å². The van der Waals surface area contributed by atoms with Gasteiger partial charge in [0.15, 0.2) is 11.5 Å². The van der Waals surface area contributed by atoms with Crippen LogP contribution in [0.15, 0.2) is 66.7 Å². The van der Waals surface area contributed by atoms with E-state index >= 15 is 0 Å². The molecule has 0 amide bonds. The van der Waals surface area contributed by atoms with Crippen LogP contribution in [0.2, 0.25) is 0 Å². The van der Waals surface area contributed by atoms with Crippen LogP contribution in [0.1, 0.15) is 28.4 Å². The highest BCUT2D eigenvalue weighted by molar-refractivity contribution is 5.87. The van der Waals surface area contributed by atoms with E-state index < -0.39 is 12.0 Å². The van der Waals surface area contributed by atoms with Crippen molar-refractivity contribution < 1.29 is 24.1 Å². The number of rotatable bonds is 7. The largest absolute Gasteiger partial charge is 0.493 e. The molecule has 0 saturated heterocycles. The number of ether oxygens (including phenoxy) is 3. The summed E-state index contributed by atoms with van der Waals surface area (Å²) >= 11 is 0. The van der Waals surface area contributed by atoms with Gasteiger partial charge in [-0.1, -0.05) is 48.5 Å². The maximum Gasteiger partial charge on any atom is 0.321 e. The molecule has 0 spiro atoms. The smallest absolute Gasteiger partial charge is 0.321 e. The Hall–Kier alpha value is -3.97. The highest BCUT2D eigenvalue weighted by Gasteiger charge is 2.34. The predicted molar refractivity (Wildman–Crippen MR) is 129 cm³/mol. The maximum absolute atomic E-state index is 12.0. The second-order valence-electron chi connectivity index (χ2n) is 8.29. The second-order valence-corrected chi connectivity index (χ2v) is 8.29. The topological polar surface area (TPSA) is 92.8 Å². The van der Waals surface area contributed by atoms with Crippen molar-refractivity contribution in [2.45, 2.75) is 25.1 Å². The first-order valence-electron chi connectivity index (χ1n) is 11.1. The highest BCUT2D eigenvalue weighted by atomic mass is 16.5. The van der Waals surface area contributed by atoms with Crippen LogP contribution in [0.4, 0.5) is 0 Å². The van der Waals surface area contributed by atoms with Crippen LogP contribution in [0.25, 0.3) is 10.9 Å². The Kier molecular flexibility index (Phi) is 5.86. The molecule has 4 aromatic rings. The normalized spacial score (nSPS) is 17.2. The van der Waals surface area contributed by atoms with Crippen LogP contribution in [0.5, 0.6) is 17.2 Å². The summed E-state index contributed by atoms with van der Waals surface area (Å²) in [7, 11) is 3.16. The standard InChI is InChI=1S/C27H26N2O5/c1-32-22-12-17(13-23(33-2)26(22)34-15-16-8-4-3-5-9-16)24-25-19(14-21(29-24)27(30)31)18-10-6-7-11-20(18)28-25/h3-13,21,24,28-29H,14-15H2,1-2H3,(H,30,31)/t21-,24+/m0/s1. The number of methoxy groups -OCH3 is 2. The molecule has 0 radical (unpaired) electrons. The number of carbonyl (C=O) groups is 1. The molecular weight excluding hydrogens is 432 g/mol. The van der Waals surface area contributed by atoms with E-state index in [1.807, 2.05) is 66.7 Å². The van der Waals surface area contributed by atoms with Crippen molar-refractivity contribution in [3.05, 3.63) is 89.1 Å². The number of hydrogen-bond donors (Lipinski definition) is 3. The van der Waals surface area contributed by atoms with E-state index in [-0.39, 0.29) is 6.04 Å². The molecule has 1 aliphatic heterocycles. The number of aliphatic carboxylic acids is 1. The van der Waals surface area contributed by atoms with Gasteiger partial charge in [-0.05, 0) is 34.9 Å². The summed E-state index contributed by atoms with van der Waals surface area (Å²) in [5, 5.41) is 14.1. The van der Waals surface area contributed by atoms with Crippen molar-refractivity contribution in [3.63, 3.8) is 0 Å². The van der Waals surface area contributed by atoms with Crippen molar-refractivity contribution >= 4 is 16.9 Å². The average Bonchev–Trinajstić information content (AvgIpc) is 3.25. The number of H-pyrrole nitrogens is 1. The lowest BCUT2D eigenvalue weighted by molar-refractivity contribution is -0.139. The summed E-state index contributed by atoms with van der Waals surface area (Å²) in [5.41, 5.74) is 4.78. The zero-order valence-electron chi connectivity index (χ0n) is 19.0. The third-order valence-electron chi connectivity index (χ3n) is 6.25. The number of aromatic nitrogens is 1. The number of aromatic amines is 1. The molecule has 0 bridgehead atoms. The molecular formula is C27H26N2O5. The number of hydrogen-bond acceptors (Lipinski definition) is 5. The summed E-state index contributed by atoms with van der Waals surface area (Å²) in [6, 6.07) is 20.5. The molecule has 3 N–H and O–H groups in total. The SMILES string of the molecule is COc1cc([C@H]2N[C@H](C(=O)O)Cc3c2[nH]c2ccccc32)cc(OC)c1OCc1ccccc1. The molecule has 1 aromatic heterocycles. The van der Waals surface area contributed by atoms with Crippen molar-refractivity contribution in [2.75, 3.05) is 14.2 Å². The molecule has 0 aliphatic carbocycles. The Bertz CT molecular complexity index is 1310. The van der Waals surface area contributed by atoms with E-state index in [0.717, 1.165) is 33.3 Å². The molecule has 5 rings (SSSR count). The van der Waals surface area contributed by atoms with Gasteiger partial charge in [0.25, 0.3) is 0 Å². The van der Waals surface area contributed by atoms with Crippen molar-refractivity contribution in [1.82, 2.24) is 10.3 Å². The zero-order valence-corrected chi connectivity index (χ0v) is 19.0. The lowest BCUT2D eigenvalue weighted by atomic mass is 9.90. The third-order valence-corrected chi connectivity index (χ3v) is 6.25. The fourth-order valence-electron chi connectivity index (χ4n) is 4.60. The predicted octanol–water partition coefficient (Wildman–Crippen LogP) is 4.45. The van der Waals surface area contributed by atoms with Crippen LogP contribution < -0.4 is 19.5 Å². The molecule has 174 valence electrons. The molecule has 3 aromatic carbocycles. The Balaban J connectivity index is 1.57. The van der Waals surface area contributed by atoms with Crippen molar-refractivity contribution in [3.8, 4) is 17.2 Å². The van der Waals surface area contributed by atoms with Gasteiger partial charge in [0.2, 0.25) is 5.75 Å². The lowest BCUT2D eigenvalue weighted by Crippen LogP contribution is -2.44. The number of carboxylic acid groups (broad SMARTS) is 1. The van der Waals surface area contributed by atoms with Gasteiger partial charge in [-0.15, -0.1) is 0 Å². The lowest BCUT2D eigenvalue weighted by Gasteiger charge is -2.30. The number of fused-ring (bicyclic) bond motifs is 3. The number of benzene rings is 3. The Morgan fingerprint density at radius 1 is 1.00 bits per heavy atom. The molecule has 0 saturated carbocycles. The van der Waals surface area contributed by atoms with Gasteiger partial charge in [0.05, 0.1) is 20.3 Å². The molecule has 1 aliphatic rings. The Morgan fingerprint density at radius 3 is 2.35 bits per heavy atom. The van der Waals surface area contributed by atoms with Crippen molar-refractivity contribution in [1.29, 1.82) is 0 Å². The first-order chi connectivity index (χ1) is 16.6. The minimum Gasteiger partial charge on any atom is -0.493 e. The minimum absolute atomic E-state index is 0.363.